The third-order valence-corrected chi connectivity index (χ3v) is 4.20. The molecule has 0 saturated heterocycles. The summed E-state index contributed by atoms with van der Waals surface area (Å²) in [5, 5.41) is 10.8. The largest absolute Gasteiger partial charge is 0.493 e. The monoisotopic (exact) mass is 349 g/mol. The molecule has 0 fully saturated rings. The van der Waals surface area contributed by atoms with Crippen LogP contribution in [0.4, 0.5) is 0 Å². The minimum Gasteiger partial charge on any atom is -0.493 e. The van der Waals surface area contributed by atoms with Crippen molar-refractivity contribution in [2.45, 2.75) is 18.9 Å². The second-order valence-corrected chi connectivity index (χ2v) is 5.63. The van der Waals surface area contributed by atoms with Crippen LogP contribution in [0.5, 0.6) is 5.75 Å². The van der Waals surface area contributed by atoms with Gasteiger partial charge in [0.2, 0.25) is 0 Å². The Morgan fingerprint density at radius 1 is 1.10 bits per heavy atom. The van der Waals surface area contributed by atoms with Crippen LogP contribution >= 0.6 is 15.9 Å². The molecule has 3 nitrogen and oxygen atoms in total. The molecule has 0 aliphatic carbocycles. The van der Waals surface area contributed by atoms with E-state index < -0.39 is 6.10 Å². The lowest BCUT2D eigenvalue weighted by Gasteiger charge is -2.25. The minimum atomic E-state index is -0.712. The van der Waals surface area contributed by atoms with Gasteiger partial charge in [0.05, 0.1) is 12.7 Å². The Kier molecular flexibility index (Phi) is 5.79. The van der Waals surface area contributed by atoms with Crippen molar-refractivity contribution in [1.29, 1.82) is 0 Å². The van der Waals surface area contributed by atoms with Crippen LogP contribution < -0.4 is 10.5 Å². The smallest absolute Gasteiger partial charge is 0.125 e. The summed E-state index contributed by atoms with van der Waals surface area (Å²) >= 11 is 3.53. The lowest BCUT2D eigenvalue weighted by atomic mass is 9.89. The van der Waals surface area contributed by atoms with E-state index in [1.807, 2.05) is 55.5 Å². The Labute approximate surface area is 133 Å². The zero-order chi connectivity index (χ0) is 15.2. The summed E-state index contributed by atoms with van der Waals surface area (Å²) in [5.41, 5.74) is 7.68. The number of aliphatic hydroxyl groups excluding tert-OH is 1. The van der Waals surface area contributed by atoms with Crippen molar-refractivity contribution in [3.8, 4) is 5.75 Å². The molecule has 3 N–H and O–H groups in total. The van der Waals surface area contributed by atoms with E-state index >= 15 is 0 Å². The van der Waals surface area contributed by atoms with Gasteiger partial charge in [0, 0.05) is 22.5 Å². The second kappa shape index (κ2) is 7.59. The number of hydrogen-bond donors (Lipinski definition) is 2. The van der Waals surface area contributed by atoms with E-state index in [-0.39, 0.29) is 5.92 Å². The van der Waals surface area contributed by atoms with Gasteiger partial charge in [-0.25, -0.2) is 0 Å². The van der Waals surface area contributed by atoms with Gasteiger partial charge in [-0.2, -0.15) is 0 Å². The Hall–Kier alpha value is -1.36. The predicted molar refractivity (Wildman–Crippen MR) is 88.5 cm³/mol. The first kappa shape index (κ1) is 16.0. The number of ether oxygens (including phenoxy) is 1. The Morgan fingerprint density at radius 2 is 1.71 bits per heavy atom. The first-order valence-electron chi connectivity index (χ1n) is 7.03. The molecule has 2 rings (SSSR count). The van der Waals surface area contributed by atoms with Gasteiger partial charge in [-0.05, 0) is 24.6 Å². The summed E-state index contributed by atoms with van der Waals surface area (Å²) in [5.74, 6) is 0.514. The maximum atomic E-state index is 10.8. The summed E-state index contributed by atoms with van der Waals surface area (Å²) in [4.78, 5) is 0. The molecule has 0 saturated carbocycles. The molecule has 2 unspecified atom stereocenters. The Morgan fingerprint density at radius 3 is 2.33 bits per heavy atom. The molecule has 112 valence electrons. The third kappa shape index (κ3) is 3.64. The number of aliphatic hydroxyl groups is 1. The number of rotatable bonds is 6. The van der Waals surface area contributed by atoms with E-state index in [0.717, 1.165) is 15.6 Å². The molecule has 0 bridgehead atoms. The van der Waals surface area contributed by atoms with Crippen LogP contribution in [0, 0.1) is 0 Å². The van der Waals surface area contributed by atoms with Crippen LogP contribution in [0.25, 0.3) is 0 Å². The molecule has 4 heteroatoms. The van der Waals surface area contributed by atoms with Crippen LogP contribution in [0.3, 0.4) is 0 Å². The SMILES string of the molecule is CCOc1ccccc1C(O)C(CN)c1ccccc1Br. The quantitative estimate of drug-likeness (QED) is 0.837. The number of halogens is 1. The van der Waals surface area contributed by atoms with Crippen molar-refractivity contribution < 1.29 is 9.84 Å². The molecule has 0 spiro atoms. The van der Waals surface area contributed by atoms with E-state index in [2.05, 4.69) is 15.9 Å². The molecule has 2 aromatic carbocycles. The number of nitrogens with two attached hydrogens (primary N) is 1. The summed E-state index contributed by atoms with van der Waals surface area (Å²) in [7, 11) is 0. The van der Waals surface area contributed by atoms with Gasteiger partial charge in [-0.1, -0.05) is 52.3 Å². The number of hydrogen-bond acceptors (Lipinski definition) is 3. The topological polar surface area (TPSA) is 55.5 Å². The number of para-hydroxylation sites is 1. The van der Waals surface area contributed by atoms with Crippen LogP contribution in [0.2, 0.25) is 0 Å². The fourth-order valence-corrected chi connectivity index (χ4v) is 3.01. The van der Waals surface area contributed by atoms with Gasteiger partial charge in [0.25, 0.3) is 0 Å². The third-order valence-electron chi connectivity index (χ3n) is 3.48. The van der Waals surface area contributed by atoms with E-state index in [1.165, 1.54) is 0 Å². The molecule has 21 heavy (non-hydrogen) atoms. The van der Waals surface area contributed by atoms with Gasteiger partial charge < -0.3 is 15.6 Å². The maximum Gasteiger partial charge on any atom is 0.125 e. The highest BCUT2D eigenvalue weighted by Gasteiger charge is 2.25. The number of benzene rings is 2. The van der Waals surface area contributed by atoms with E-state index in [4.69, 9.17) is 10.5 Å². The van der Waals surface area contributed by atoms with Crippen molar-refractivity contribution in [2.75, 3.05) is 13.2 Å². The van der Waals surface area contributed by atoms with Crippen molar-refractivity contribution >= 4 is 15.9 Å². The van der Waals surface area contributed by atoms with Gasteiger partial charge >= 0.3 is 0 Å². The van der Waals surface area contributed by atoms with Crippen LogP contribution in [0.15, 0.2) is 53.0 Å². The molecular formula is C17H20BrNO2. The first-order chi connectivity index (χ1) is 10.2. The Balaban J connectivity index is 2.37. The van der Waals surface area contributed by atoms with Crippen molar-refractivity contribution in [3.05, 3.63) is 64.1 Å². The molecule has 0 amide bonds. The highest BCUT2D eigenvalue weighted by atomic mass is 79.9. The van der Waals surface area contributed by atoms with E-state index in [0.29, 0.717) is 18.9 Å². The van der Waals surface area contributed by atoms with Gasteiger partial charge in [-0.3, -0.25) is 0 Å². The second-order valence-electron chi connectivity index (χ2n) is 4.78. The highest BCUT2D eigenvalue weighted by Crippen LogP contribution is 2.37. The summed E-state index contributed by atoms with van der Waals surface area (Å²) in [6.07, 6.45) is -0.712. The fraction of sp³-hybridized carbons (Fsp3) is 0.294. The molecule has 2 atom stereocenters. The fourth-order valence-electron chi connectivity index (χ4n) is 2.43. The van der Waals surface area contributed by atoms with Crippen LogP contribution in [0.1, 0.15) is 30.1 Å². The van der Waals surface area contributed by atoms with Gasteiger partial charge in [0.15, 0.2) is 0 Å². The van der Waals surface area contributed by atoms with Gasteiger partial charge in [0.1, 0.15) is 5.75 Å². The van der Waals surface area contributed by atoms with Crippen molar-refractivity contribution in [2.24, 2.45) is 5.73 Å². The van der Waals surface area contributed by atoms with Crippen molar-refractivity contribution in [1.82, 2.24) is 0 Å². The summed E-state index contributed by atoms with van der Waals surface area (Å²) in [6.45, 7) is 2.84. The molecule has 2 aromatic rings. The minimum absolute atomic E-state index is 0.192. The molecular weight excluding hydrogens is 330 g/mol. The lowest BCUT2D eigenvalue weighted by Crippen LogP contribution is -2.21. The van der Waals surface area contributed by atoms with Crippen LogP contribution in [-0.4, -0.2) is 18.3 Å². The predicted octanol–water partition coefficient (Wildman–Crippen LogP) is 3.62. The highest BCUT2D eigenvalue weighted by molar-refractivity contribution is 9.10. The molecule has 0 aliphatic rings. The zero-order valence-corrected chi connectivity index (χ0v) is 13.6. The van der Waals surface area contributed by atoms with Gasteiger partial charge in [-0.15, -0.1) is 0 Å². The van der Waals surface area contributed by atoms with E-state index in [9.17, 15) is 5.11 Å². The molecule has 0 radical (unpaired) electrons. The van der Waals surface area contributed by atoms with Crippen molar-refractivity contribution in [3.63, 3.8) is 0 Å². The normalized spacial score (nSPS) is 13.7. The average molecular weight is 350 g/mol. The standard InChI is InChI=1S/C17H20BrNO2/c1-2-21-16-10-6-4-8-13(16)17(20)14(11-19)12-7-3-5-9-15(12)18/h3-10,14,17,20H,2,11,19H2,1H3. The summed E-state index contributed by atoms with van der Waals surface area (Å²) in [6, 6.07) is 15.4. The van der Waals surface area contributed by atoms with E-state index in [1.54, 1.807) is 0 Å². The lowest BCUT2D eigenvalue weighted by molar-refractivity contribution is 0.142. The Bertz CT molecular complexity index is 589. The molecule has 0 aliphatic heterocycles. The summed E-state index contributed by atoms with van der Waals surface area (Å²) < 4.78 is 6.56. The molecule has 0 heterocycles. The van der Waals surface area contributed by atoms with Crippen LogP contribution in [-0.2, 0) is 0 Å². The molecule has 0 aromatic heterocycles. The average Bonchev–Trinajstić information content (AvgIpc) is 2.50. The first-order valence-corrected chi connectivity index (χ1v) is 7.82. The zero-order valence-electron chi connectivity index (χ0n) is 12.0. The maximum absolute atomic E-state index is 10.8.